The molecule has 32 heavy (non-hydrogen) atoms. The number of unbranched alkanes of at least 4 members (excludes halogenated alkanes) is 15. The third-order valence-electron chi connectivity index (χ3n) is 5.36. The van der Waals surface area contributed by atoms with Crippen LogP contribution in [0.5, 0.6) is 0 Å². The van der Waals surface area contributed by atoms with Gasteiger partial charge in [0.05, 0.1) is 0 Å². The first kappa shape index (κ1) is 37.4. The van der Waals surface area contributed by atoms with Crippen molar-refractivity contribution in [2.45, 2.75) is 122 Å². The first-order valence-electron chi connectivity index (χ1n) is 11.8. The van der Waals surface area contributed by atoms with Crippen LogP contribution in [0.15, 0.2) is 0 Å². The first-order valence-corrected chi connectivity index (χ1v) is 13.2. The van der Waals surface area contributed by atoms with E-state index in [1.54, 1.807) is 0 Å². The van der Waals surface area contributed by atoms with E-state index in [0.717, 1.165) is 19.3 Å². The van der Waals surface area contributed by atoms with Crippen LogP contribution >= 0.6 is 0 Å². The SMILES string of the molecule is CCCCCCCCCCCCCCCCCCN(C(=O)CCC(N)=O)S(=O)(=O)O.[H-].[H-].[Na+].[Na+]. The van der Waals surface area contributed by atoms with Gasteiger partial charge in [0.25, 0.3) is 0 Å². The van der Waals surface area contributed by atoms with Crippen molar-refractivity contribution >= 4 is 22.1 Å². The monoisotopic (exact) mass is 496 g/mol. The predicted octanol–water partition coefficient (Wildman–Crippen LogP) is -0.622. The molecule has 3 N–H and O–H groups in total. The summed E-state index contributed by atoms with van der Waals surface area (Å²) in [6, 6.07) is 0. The third-order valence-corrected chi connectivity index (χ3v) is 6.30. The molecule has 0 atom stereocenters. The van der Waals surface area contributed by atoms with Gasteiger partial charge in [-0.15, -0.1) is 0 Å². The van der Waals surface area contributed by atoms with E-state index in [9.17, 15) is 22.6 Å². The molecule has 10 heteroatoms. The Morgan fingerprint density at radius 1 is 0.719 bits per heavy atom. The summed E-state index contributed by atoms with van der Waals surface area (Å²) in [5.41, 5.74) is 4.97. The average Bonchev–Trinajstić information content (AvgIpc) is 2.67. The van der Waals surface area contributed by atoms with Gasteiger partial charge in [0.2, 0.25) is 11.8 Å². The average molecular weight is 497 g/mol. The van der Waals surface area contributed by atoms with Gasteiger partial charge in [0, 0.05) is 19.4 Å². The van der Waals surface area contributed by atoms with E-state index in [1.807, 2.05) is 0 Å². The van der Waals surface area contributed by atoms with Crippen molar-refractivity contribution in [2.75, 3.05) is 6.54 Å². The van der Waals surface area contributed by atoms with Crippen molar-refractivity contribution in [1.82, 2.24) is 4.31 Å². The number of hydrogen-bond acceptors (Lipinski definition) is 4. The number of amides is 2. The minimum absolute atomic E-state index is 0. The van der Waals surface area contributed by atoms with Crippen molar-refractivity contribution in [3.8, 4) is 0 Å². The van der Waals surface area contributed by atoms with Gasteiger partial charge < -0.3 is 8.59 Å². The Morgan fingerprint density at radius 3 is 1.38 bits per heavy atom. The van der Waals surface area contributed by atoms with Gasteiger partial charge in [-0.05, 0) is 6.42 Å². The number of nitrogens with zero attached hydrogens (tertiary/aromatic N) is 1. The fraction of sp³-hybridized carbons (Fsp3) is 0.909. The van der Waals surface area contributed by atoms with Crippen molar-refractivity contribution in [1.29, 1.82) is 0 Å². The van der Waals surface area contributed by atoms with Crippen LogP contribution in [0.1, 0.15) is 125 Å². The van der Waals surface area contributed by atoms with Gasteiger partial charge in [0.1, 0.15) is 0 Å². The Balaban J connectivity index is -0.000000701. The molecule has 0 aromatic heterocycles. The van der Waals surface area contributed by atoms with Crippen LogP contribution in [0.2, 0.25) is 0 Å². The molecule has 0 aliphatic rings. The Morgan fingerprint density at radius 2 is 1.06 bits per heavy atom. The van der Waals surface area contributed by atoms with E-state index in [1.165, 1.54) is 77.0 Å². The van der Waals surface area contributed by atoms with Crippen LogP contribution in [-0.2, 0) is 19.9 Å². The summed E-state index contributed by atoms with van der Waals surface area (Å²) in [5, 5.41) is 0. The quantitative estimate of drug-likeness (QED) is 0.125. The van der Waals surface area contributed by atoms with Crippen molar-refractivity contribution in [3.63, 3.8) is 0 Å². The number of rotatable bonds is 21. The molecule has 0 heterocycles. The smallest absolute Gasteiger partial charge is 1.00 e. The Hall–Kier alpha value is 0.850. The molecular formula is C22H46N2Na2O5S. The fourth-order valence-corrected chi connectivity index (χ4v) is 4.24. The maximum absolute atomic E-state index is 11.9. The Labute approximate surface area is 243 Å². The number of carbonyl (C=O) groups is 2. The van der Waals surface area contributed by atoms with Crippen LogP contribution in [0.25, 0.3) is 0 Å². The van der Waals surface area contributed by atoms with E-state index >= 15 is 0 Å². The molecular weight excluding hydrogens is 450 g/mol. The number of primary amides is 1. The molecule has 0 aliphatic heterocycles. The van der Waals surface area contributed by atoms with Crippen molar-refractivity contribution in [3.05, 3.63) is 0 Å². The molecule has 182 valence electrons. The van der Waals surface area contributed by atoms with Crippen LogP contribution in [0.3, 0.4) is 0 Å². The minimum atomic E-state index is -4.60. The molecule has 0 aliphatic carbocycles. The van der Waals surface area contributed by atoms with Gasteiger partial charge in [-0.2, -0.15) is 8.42 Å². The standard InChI is InChI=1S/C22H44N2O5S.2Na.2H/c1-2-3-4-5-6-7-8-9-10-11-12-13-14-15-16-17-20-24(30(27,28)29)22(26)19-18-21(23)25;;;;/h2-20H2,1H3,(H2,23,25)(H,27,28,29);;;;/q;2*+1;2*-1. The van der Waals surface area contributed by atoms with E-state index in [2.05, 4.69) is 6.92 Å². The topological polar surface area (TPSA) is 118 Å². The Bertz CT molecular complexity index is 573. The molecule has 0 unspecified atom stereocenters. The van der Waals surface area contributed by atoms with Crippen LogP contribution in [0.4, 0.5) is 0 Å². The van der Waals surface area contributed by atoms with Crippen LogP contribution in [0, 0.1) is 0 Å². The summed E-state index contributed by atoms with van der Waals surface area (Å²) in [5.74, 6) is -1.47. The maximum atomic E-state index is 11.9. The molecule has 0 radical (unpaired) electrons. The summed E-state index contributed by atoms with van der Waals surface area (Å²) in [6.07, 6.45) is 18.7. The zero-order valence-electron chi connectivity index (χ0n) is 22.9. The largest absolute Gasteiger partial charge is 1.00 e. The summed E-state index contributed by atoms with van der Waals surface area (Å²) in [4.78, 5) is 22.6. The summed E-state index contributed by atoms with van der Waals surface area (Å²) < 4.78 is 32.4. The van der Waals surface area contributed by atoms with E-state index in [4.69, 9.17) is 5.73 Å². The molecule has 0 fully saturated rings. The van der Waals surface area contributed by atoms with Crippen molar-refractivity contribution < 1.29 is 84.5 Å². The van der Waals surface area contributed by atoms with Crippen LogP contribution < -0.4 is 64.8 Å². The maximum Gasteiger partial charge on any atom is 1.00 e. The molecule has 7 nitrogen and oxygen atoms in total. The Kier molecular flexibility index (Phi) is 29.2. The molecule has 0 saturated heterocycles. The molecule has 0 spiro atoms. The number of nitrogens with two attached hydrogens (primary N) is 1. The van der Waals surface area contributed by atoms with E-state index in [0.29, 0.717) is 10.7 Å². The zero-order valence-corrected chi connectivity index (χ0v) is 25.8. The van der Waals surface area contributed by atoms with E-state index < -0.39 is 22.1 Å². The second kappa shape index (κ2) is 25.0. The second-order valence-corrected chi connectivity index (χ2v) is 9.55. The van der Waals surface area contributed by atoms with Gasteiger partial charge in [-0.1, -0.05) is 103 Å². The molecule has 0 rings (SSSR count). The second-order valence-electron chi connectivity index (χ2n) is 8.21. The molecule has 0 aromatic rings. The first-order chi connectivity index (χ1) is 14.3. The molecule has 0 aromatic carbocycles. The number of carbonyl (C=O) groups excluding carboxylic acids is 2. The summed E-state index contributed by atoms with van der Waals surface area (Å²) >= 11 is 0. The fourth-order valence-electron chi connectivity index (χ4n) is 3.53. The normalized spacial score (nSPS) is 10.8. The van der Waals surface area contributed by atoms with Gasteiger partial charge in [-0.3, -0.25) is 14.1 Å². The van der Waals surface area contributed by atoms with Gasteiger partial charge >= 0.3 is 69.4 Å². The minimum Gasteiger partial charge on any atom is -1.00 e. The predicted molar refractivity (Wildman–Crippen MR) is 123 cm³/mol. The molecule has 2 amide bonds. The summed E-state index contributed by atoms with van der Waals surface area (Å²) in [6.45, 7) is 2.19. The zero-order chi connectivity index (χ0) is 22.7. The molecule has 0 saturated carbocycles. The van der Waals surface area contributed by atoms with Crippen molar-refractivity contribution in [2.24, 2.45) is 5.73 Å². The summed E-state index contributed by atoms with van der Waals surface area (Å²) in [7, 11) is -4.60. The number of hydrogen-bond donors (Lipinski definition) is 2. The molecule has 0 bridgehead atoms. The van der Waals surface area contributed by atoms with E-state index in [-0.39, 0.29) is 81.4 Å². The van der Waals surface area contributed by atoms with Crippen LogP contribution in [-0.4, -0.2) is 35.6 Å². The third kappa shape index (κ3) is 24.0. The van der Waals surface area contributed by atoms with Gasteiger partial charge in [0.15, 0.2) is 0 Å². The van der Waals surface area contributed by atoms with Gasteiger partial charge in [-0.25, -0.2) is 4.31 Å².